The largest absolute Gasteiger partial charge is 0.508 e. The van der Waals surface area contributed by atoms with E-state index in [0.29, 0.717) is 12.1 Å². The van der Waals surface area contributed by atoms with Gasteiger partial charge in [0.2, 0.25) is 0 Å². The summed E-state index contributed by atoms with van der Waals surface area (Å²) in [5.41, 5.74) is 3.94. The van der Waals surface area contributed by atoms with E-state index in [1.807, 2.05) is 18.2 Å². The number of anilines is 1. The summed E-state index contributed by atoms with van der Waals surface area (Å²) in [6.45, 7) is 1.39. The van der Waals surface area contributed by atoms with Crippen LogP contribution < -0.4 is 10.6 Å². The molecule has 102 valence electrons. The van der Waals surface area contributed by atoms with E-state index in [1.54, 1.807) is 24.3 Å². The monoisotopic (exact) mass is 268 g/mol. The first-order chi connectivity index (χ1) is 9.72. The van der Waals surface area contributed by atoms with Gasteiger partial charge in [-0.25, -0.2) is 0 Å². The van der Waals surface area contributed by atoms with Crippen LogP contribution in [0.15, 0.2) is 42.5 Å². The van der Waals surface area contributed by atoms with Crippen molar-refractivity contribution in [3.8, 4) is 5.75 Å². The Morgan fingerprint density at radius 1 is 1.20 bits per heavy atom. The van der Waals surface area contributed by atoms with Gasteiger partial charge in [0.15, 0.2) is 0 Å². The minimum absolute atomic E-state index is 0.0884. The molecule has 0 radical (unpaired) electrons. The number of phenolic OH excluding ortho intramolecular Hbond substituents is 1. The number of hydrogen-bond acceptors (Lipinski definition) is 3. The molecule has 3 N–H and O–H groups in total. The highest BCUT2D eigenvalue weighted by Gasteiger charge is 2.13. The van der Waals surface area contributed by atoms with Crippen LogP contribution in [0.4, 0.5) is 5.69 Å². The van der Waals surface area contributed by atoms with Gasteiger partial charge in [0.25, 0.3) is 5.91 Å². The Balaban J connectivity index is 1.66. The normalized spacial score (nSPS) is 12.6. The predicted molar refractivity (Wildman–Crippen MR) is 77.9 cm³/mol. The van der Waals surface area contributed by atoms with Crippen LogP contribution in [-0.2, 0) is 13.0 Å². The van der Waals surface area contributed by atoms with Crippen molar-refractivity contribution >= 4 is 11.6 Å². The molecule has 0 aliphatic carbocycles. The Kier molecular flexibility index (Phi) is 3.29. The second-order valence-corrected chi connectivity index (χ2v) is 4.90. The van der Waals surface area contributed by atoms with Crippen molar-refractivity contribution in [1.82, 2.24) is 5.32 Å². The van der Waals surface area contributed by atoms with Crippen molar-refractivity contribution in [1.29, 1.82) is 0 Å². The zero-order chi connectivity index (χ0) is 13.9. The van der Waals surface area contributed by atoms with Crippen molar-refractivity contribution in [3.63, 3.8) is 0 Å². The fourth-order valence-electron chi connectivity index (χ4n) is 2.33. The van der Waals surface area contributed by atoms with E-state index in [4.69, 9.17) is 0 Å². The van der Waals surface area contributed by atoms with E-state index in [1.165, 1.54) is 5.56 Å². The first-order valence-electron chi connectivity index (χ1n) is 6.65. The molecule has 1 heterocycles. The molecule has 0 fully saturated rings. The van der Waals surface area contributed by atoms with E-state index in [0.717, 1.165) is 24.2 Å². The van der Waals surface area contributed by atoms with Gasteiger partial charge in [0, 0.05) is 24.3 Å². The van der Waals surface area contributed by atoms with Crippen LogP contribution in [0.1, 0.15) is 21.5 Å². The van der Waals surface area contributed by atoms with Gasteiger partial charge in [0.1, 0.15) is 5.75 Å². The van der Waals surface area contributed by atoms with Crippen LogP contribution in [-0.4, -0.2) is 17.6 Å². The summed E-state index contributed by atoms with van der Waals surface area (Å²) in [4.78, 5) is 12.1. The van der Waals surface area contributed by atoms with Gasteiger partial charge in [-0.15, -0.1) is 0 Å². The van der Waals surface area contributed by atoms with Gasteiger partial charge in [-0.3, -0.25) is 4.79 Å². The Morgan fingerprint density at radius 2 is 2.00 bits per heavy atom. The first-order valence-corrected chi connectivity index (χ1v) is 6.65. The van der Waals surface area contributed by atoms with Crippen LogP contribution in [0, 0.1) is 0 Å². The Labute approximate surface area is 117 Å². The highest BCUT2D eigenvalue weighted by molar-refractivity contribution is 5.95. The van der Waals surface area contributed by atoms with Gasteiger partial charge in [-0.1, -0.05) is 18.2 Å². The maximum atomic E-state index is 12.1. The van der Waals surface area contributed by atoms with E-state index >= 15 is 0 Å². The lowest BCUT2D eigenvalue weighted by molar-refractivity contribution is 0.0951. The zero-order valence-electron chi connectivity index (χ0n) is 11.0. The summed E-state index contributed by atoms with van der Waals surface area (Å²) >= 11 is 0. The molecule has 0 bridgehead atoms. The highest BCUT2D eigenvalue weighted by atomic mass is 16.3. The molecule has 1 aliphatic heterocycles. The number of fused-ring (bicyclic) bond motifs is 1. The number of phenols is 1. The lowest BCUT2D eigenvalue weighted by Gasteiger charge is -2.07. The number of benzene rings is 2. The van der Waals surface area contributed by atoms with Gasteiger partial charge in [0.05, 0.1) is 0 Å². The van der Waals surface area contributed by atoms with Crippen LogP contribution in [0.25, 0.3) is 0 Å². The average molecular weight is 268 g/mol. The predicted octanol–water partition coefficient (Wildman–Crippen LogP) is 2.29. The molecule has 2 aromatic rings. The summed E-state index contributed by atoms with van der Waals surface area (Å²) in [6, 6.07) is 12.6. The number of nitrogens with one attached hydrogen (secondary N) is 2. The summed E-state index contributed by atoms with van der Waals surface area (Å²) < 4.78 is 0. The number of amides is 1. The Hall–Kier alpha value is -2.49. The lowest BCUT2D eigenvalue weighted by Crippen LogP contribution is -2.22. The number of hydrogen-bond donors (Lipinski definition) is 3. The maximum absolute atomic E-state index is 12.1. The SMILES string of the molecule is O=C(NCc1ccc(O)cc1)c1ccc2c(c1)NCC2. The van der Waals surface area contributed by atoms with Crippen molar-refractivity contribution in [3.05, 3.63) is 59.2 Å². The van der Waals surface area contributed by atoms with Crippen LogP contribution in [0.3, 0.4) is 0 Å². The van der Waals surface area contributed by atoms with Gasteiger partial charge >= 0.3 is 0 Å². The molecule has 2 aromatic carbocycles. The molecule has 0 atom stereocenters. The number of carbonyl (C=O) groups excluding carboxylic acids is 1. The molecule has 20 heavy (non-hydrogen) atoms. The third kappa shape index (κ3) is 2.59. The Bertz CT molecular complexity index is 635. The van der Waals surface area contributed by atoms with Crippen molar-refractivity contribution < 1.29 is 9.90 Å². The molecule has 0 unspecified atom stereocenters. The molecule has 1 aliphatic rings. The van der Waals surface area contributed by atoms with Crippen LogP contribution in [0.5, 0.6) is 5.75 Å². The molecule has 1 amide bonds. The fraction of sp³-hybridized carbons (Fsp3) is 0.188. The van der Waals surface area contributed by atoms with Crippen molar-refractivity contribution in [2.45, 2.75) is 13.0 Å². The Morgan fingerprint density at radius 3 is 2.80 bits per heavy atom. The topological polar surface area (TPSA) is 61.4 Å². The summed E-state index contributed by atoms with van der Waals surface area (Å²) in [7, 11) is 0. The van der Waals surface area contributed by atoms with Gasteiger partial charge < -0.3 is 15.7 Å². The first kappa shape index (κ1) is 12.5. The third-order valence-corrected chi connectivity index (χ3v) is 3.47. The molecular formula is C16H16N2O2. The third-order valence-electron chi connectivity index (χ3n) is 3.47. The van der Waals surface area contributed by atoms with Crippen molar-refractivity contribution in [2.75, 3.05) is 11.9 Å². The summed E-state index contributed by atoms with van der Waals surface area (Å²) in [5.74, 6) is 0.138. The summed E-state index contributed by atoms with van der Waals surface area (Å²) in [5, 5.41) is 15.4. The molecular weight excluding hydrogens is 252 g/mol. The molecule has 0 saturated heterocycles. The molecule has 4 nitrogen and oxygen atoms in total. The van der Waals surface area contributed by atoms with E-state index in [2.05, 4.69) is 10.6 Å². The van der Waals surface area contributed by atoms with E-state index in [-0.39, 0.29) is 11.7 Å². The van der Waals surface area contributed by atoms with Crippen molar-refractivity contribution in [2.24, 2.45) is 0 Å². The smallest absolute Gasteiger partial charge is 0.251 e. The lowest BCUT2D eigenvalue weighted by atomic mass is 10.1. The quantitative estimate of drug-likeness (QED) is 0.800. The zero-order valence-corrected chi connectivity index (χ0v) is 11.0. The number of rotatable bonds is 3. The molecule has 3 rings (SSSR count). The fourth-order valence-corrected chi connectivity index (χ4v) is 2.33. The van der Waals surface area contributed by atoms with E-state index in [9.17, 15) is 9.90 Å². The number of aromatic hydroxyl groups is 1. The highest BCUT2D eigenvalue weighted by Crippen LogP contribution is 2.23. The van der Waals surface area contributed by atoms with Crippen LogP contribution in [0.2, 0.25) is 0 Å². The standard InChI is InChI=1S/C16H16N2O2/c19-14-5-1-11(2-6-14)10-18-16(20)13-4-3-12-7-8-17-15(12)9-13/h1-6,9,17,19H,7-8,10H2,(H,18,20). The van der Waals surface area contributed by atoms with Gasteiger partial charge in [-0.05, 0) is 41.8 Å². The molecule has 0 spiro atoms. The van der Waals surface area contributed by atoms with Crippen LogP contribution >= 0.6 is 0 Å². The van der Waals surface area contributed by atoms with Gasteiger partial charge in [-0.2, -0.15) is 0 Å². The van der Waals surface area contributed by atoms with E-state index < -0.39 is 0 Å². The maximum Gasteiger partial charge on any atom is 0.251 e. The second-order valence-electron chi connectivity index (χ2n) is 4.90. The second kappa shape index (κ2) is 5.25. The molecule has 4 heteroatoms. The minimum Gasteiger partial charge on any atom is -0.508 e. The minimum atomic E-state index is -0.0884. The number of carbonyl (C=O) groups is 1. The summed E-state index contributed by atoms with van der Waals surface area (Å²) in [6.07, 6.45) is 1.02. The molecule has 0 saturated carbocycles. The average Bonchev–Trinajstić information content (AvgIpc) is 2.93. The molecule has 0 aromatic heterocycles.